The first kappa shape index (κ1) is 12.7. The molecule has 0 N–H and O–H groups in total. The van der Waals surface area contributed by atoms with E-state index in [1.165, 1.54) is 0 Å². The molecule has 1 aromatic carbocycles. The molecule has 17 heavy (non-hydrogen) atoms. The third kappa shape index (κ3) is 4.79. The fourth-order valence-corrected chi connectivity index (χ4v) is 1.43. The second-order valence-corrected chi connectivity index (χ2v) is 3.23. The van der Waals surface area contributed by atoms with Gasteiger partial charge in [-0.25, -0.2) is 0 Å². The summed E-state index contributed by atoms with van der Waals surface area (Å²) >= 11 is 0. The van der Waals surface area contributed by atoms with Crippen molar-refractivity contribution in [1.29, 1.82) is 0 Å². The molecule has 0 aliphatic rings. The van der Waals surface area contributed by atoms with Crippen molar-refractivity contribution in [3.05, 3.63) is 51.2 Å². The van der Waals surface area contributed by atoms with E-state index in [-0.39, 0.29) is 0 Å². The Bertz CT molecular complexity index is 396. The molecule has 0 aromatic heterocycles. The van der Waals surface area contributed by atoms with Crippen LogP contribution in [-0.2, 0) is 0 Å². The van der Waals surface area contributed by atoms with E-state index in [2.05, 4.69) is 20.1 Å². The van der Waals surface area contributed by atoms with Crippen LogP contribution < -0.4 is 4.90 Å². The number of nitrogens with zero attached hydrogens (tertiary/aromatic N) is 7. The van der Waals surface area contributed by atoms with Gasteiger partial charge in [-0.1, -0.05) is 28.4 Å². The zero-order valence-corrected chi connectivity index (χ0v) is 9.35. The summed E-state index contributed by atoms with van der Waals surface area (Å²) in [5.74, 6) is 0. The molecule has 0 fully saturated rings. The molecule has 0 radical (unpaired) electrons. The van der Waals surface area contributed by atoms with Crippen LogP contribution in [0, 0.1) is 0 Å². The molecule has 0 saturated carbocycles. The molecule has 7 nitrogen and oxygen atoms in total. The van der Waals surface area contributed by atoms with Crippen molar-refractivity contribution in [1.82, 2.24) is 0 Å². The summed E-state index contributed by atoms with van der Waals surface area (Å²) in [5.41, 5.74) is 17.5. The molecule has 7 heteroatoms. The van der Waals surface area contributed by atoms with E-state index in [0.717, 1.165) is 5.69 Å². The first-order valence-electron chi connectivity index (χ1n) is 5.20. The molecule has 88 valence electrons. The van der Waals surface area contributed by atoms with E-state index in [1.807, 2.05) is 35.2 Å². The highest BCUT2D eigenvalue weighted by atomic mass is 15.2. The highest BCUT2D eigenvalue weighted by Crippen LogP contribution is 2.12. The molecule has 0 saturated heterocycles. The largest absolute Gasteiger partial charge is 0.371 e. The third-order valence-corrected chi connectivity index (χ3v) is 2.19. The Morgan fingerprint density at radius 3 is 1.94 bits per heavy atom. The van der Waals surface area contributed by atoms with Crippen molar-refractivity contribution in [2.24, 2.45) is 10.2 Å². The van der Waals surface area contributed by atoms with Crippen LogP contribution >= 0.6 is 0 Å². The first-order valence-corrected chi connectivity index (χ1v) is 5.20. The lowest BCUT2D eigenvalue weighted by molar-refractivity contribution is 0.778. The van der Waals surface area contributed by atoms with Crippen LogP contribution in [0.15, 0.2) is 40.6 Å². The zero-order valence-electron chi connectivity index (χ0n) is 9.35. The van der Waals surface area contributed by atoms with Gasteiger partial charge in [0.15, 0.2) is 0 Å². The van der Waals surface area contributed by atoms with E-state index in [0.29, 0.717) is 26.2 Å². The van der Waals surface area contributed by atoms with Crippen molar-refractivity contribution in [3.63, 3.8) is 0 Å². The topological polar surface area (TPSA) is 101 Å². The van der Waals surface area contributed by atoms with Gasteiger partial charge in [-0.15, -0.1) is 0 Å². The lowest BCUT2D eigenvalue weighted by Crippen LogP contribution is -2.28. The Hall–Kier alpha value is -2.36. The second-order valence-electron chi connectivity index (χ2n) is 3.23. The summed E-state index contributed by atoms with van der Waals surface area (Å²) in [6, 6.07) is 9.73. The molecule has 0 spiro atoms. The Kier molecular flexibility index (Phi) is 5.88. The molecule has 1 aromatic rings. The van der Waals surface area contributed by atoms with Gasteiger partial charge < -0.3 is 4.90 Å². The molecule has 0 heterocycles. The molecular formula is C10H13N7. The summed E-state index contributed by atoms with van der Waals surface area (Å²) in [6.45, 7) is 1.99. The summed E-state index contributed by atoms with van der Waals surface area (Å²) in [6.07, 6.45) is 0. The van der Waals surface area contributed by atoms with Crippen LogP contribution in [0.5, 0.6) is 0 Å². The monoisotopic (exact) mass is 231 g/mol. The van der Waals surface area contributed by atoms with Crippen molar-refractivity contribution in [2.75, 3.05) is 31.1 Å². The molecule has 0 aliphatic carbocycles. The number of azide groups is 2. The van der Waals surface area contributed by atoms with Gasteiger partial charge in [-0.3, -0.25) is 0 Å². The summed E-state index contributed by atoms with van der Waals surface area (Å²) < 4.78 is 0. The van der Waals surface area contributed by atoms with E-state index in [9.17, 15) is 0 Å². The van der Waals surface area contributed by atoms with Crippen LogP contribution in [-0.4, -0.2) is 26.2 Å². The van der Waals surface area contributed by atoms with Crippen LogP contribution in [0.2, 0.25) is 0 Å². The van der Waals surface area contributed by atoms with Crippen molar-refractivity contribution >= 4 is 5.69 Å². The molecule has 1 rings (SSSR count). The molecule has 0 atom stereocenters. The summed E-state index contributed by atoms with van der Waals surface area (Å²) in [4.78, 5) is 7.45. The van der Waals surface area contributed by atoms with Crippen molar-refractivity contribution < 1.29 is 0 Å². The number of anilines is 1. The van der Waals surface area contributed by atoms with Gasteiger partial charge >= 0.3 is 0 Å². The Morgan fingerprint density at radius 2 is 1.47 bits per heavy atom. The average molecular weight is 231 g/mol. The highest BCUT2D eigenvalue weighted by Gasteiger charge is 2.03. The molecule has 0 unspecified atom stereocenters. The van der Waals surface area contributed by atoms with E-state index < -0.39 is 0 Å². The number of para-hydroxylation sites is 1. The quantitative estimate of drug-likeness (QED) is 0.401. The molecule has 0 aliphatic heterocycles. The Balaban J connectivity index is 2.64. The van der Waals surface area contributed by atoms with Gasteiger partial charge in [0.25, 0.3) is 0 Å². The van der Waals surface area contributed by atoms with E-state index in [4.69, 9.17) is 11.1 Å². The number of benzene rings is 1. The Morgan fingerprint density at radius 1 is 0.941 bits per heavy atom. The van der Waals surface area contributed by atoms with Gasteiger partial charge in [0.05, 0.1) is 0 Å². The number of hydrogen-bond acceptors (Lipinski definition) is 3. The van der Waals surface area contributed by atoms with Gasteiger partial charge in [0.2, 0.25) is 0 Å². The van der Waals surface area contributed by atoms with Gasteiger partial charge in [0, 0.05) is 41.7 Å². The second kappa shape index (κ2) is 7.87. The van der Waals surface area contributed by atoms with Gasteiger partial charge in [-0.05, 0) is 23.2 Å². The predicted molar refractivity (Wildman–Crippen MR) is 66.7 cm³/mol. The average Bonchev–Trinajstić information content (AvgIpc) is 2.38. The van der Waals surface area contributed by atoms with Crippen molar-refractivity contribution in [2.45, 2.75) is 0 Å². The SMILES string of the molecule is [N-]=[N+]=NCCN(CCN=[N+]=[N-])c1ccccc1. The highest BCUT2D eigenvalue weighted by molar-refractivity contribution is 5.45. The standard InChI is InChI=1S/C10H13N7/c11-15-13-6-8-17(9-7-14-16-12)10-4-2-1-3-5-10/h1-5H,6-9H2. The molecule has 0 amide bonds. The van der Waals surface area contributed by atoms with Crippen LogP contribution in [0.3, 0.4) is 0 Å². The van der Waals surface area contributed by atoms with E-state index in [1.54, 1.807) is 0 Å². The minimum Gasteiger partial charge on any atom is -0.371 e. The lowest BCUT2D eigenvalue weighted by Gasteiger charge is -2.23. The van der Waals surface area contributed by atoms with Crippen molar-refractivity contribution in [3.8, 4) is 0 Å². The maximum Gasteiger partial charge on any atom is 0.0434 e. The summed E-state index contributed by atoms with van der Waals surface area (Å²) in [5, 5.41) is 7.00. The van der Waals surface area contributed by atoms with E-state index >= 15 is 0 Å². The molecule has 0 bridgehead atoms. The fraction of sp³-hybridized carbons (Fsp3) is 0.400. The van der Waals surface area contributed by atoms with Crippen LogP contribution in [0.25, 0.3) is 20.9 Å². The van der Waals surface area contributed by atoms with Crippen LogP contribution in [0.4, 0.5) is 5.69 Å². The molecular weight excluding hydrogens is 218 g/mol. The van der Waals surface area contributed by atoms with Crippen LogP contribution in [0.1, 0.15) is 0 Å². The minimum atomic E-state index is 0.391. The number of hydrogen-bond donors (Lipinski definition) is 0. The number of rotatable bonds is 7. The summed E-state index contributed by atoms with van der Waals surface area (Å²) in [7, 11) is 0. The lowest BCUT2D eigenvalue weighted by atomic mass is 10.3. The minimum absolute atomic E-state index is 0.391. The Labute approximate surface area is 98.9 Å². The normalized spacial score (nSPS) is 8.94. The maximum absolute atomic E-state index is 8.24. The smallest absolute Gasteiger partial charge is 0.0434 e. The third-order valence-electron chi connectivity index (χ3n) is 2.19. The predicted octanol–water partition coefficient (Wildman–Crippen LogP) is 3.11. The fourth-order valence-electron chi connectivity index (χ4n) is 1.43. The first-order chi connectivity index (χ1) is 8.38. The zero-order chi connectivity index (χ0) is 12.3. The van der Waals surface area contributed by atoms with Gasteiger partial charge in [0.1, 0.15) is 0 Å². The van der Waals surface area contributed by atoms with Gasteiger partial charge in [-0.2, -0.15) is 0 Å². The maximum atomic E-state index is 8.24.